The van der Waals surface area contributed by atoms with E-state index in [1.807, 2.05) is 24.8 Å². The second-order valence-electron chi connectivity index (χ2n) is 10.0. The summed E-state index contributed by atoms with van der Waals surface area (Å²) >= 11 is 0. The van der Waals surface area contributed by atoms with Gasteiger partial charge in [0.2, 0.25) is 0 Å². The summed E-state index contributed by atoms with van der Waals surface area (Å²) < 4.78 is 46.7. The third kappa shape index (κ3) is 5.30. The SMILES string of the molecule is CC(C)NC(COC(C)(C)C(F)(F)F)c1cn2ncc(C(C3CC3)N3CCCNC3=O)cc2n1. The van der Waals surface area contributed by atoms with Crippen molar-refractivity contribution in [3.05, 3.63) is 29.7 Å². The van der Waals surface area contributed by atoms with E-state index >= 15 is 0 Å². The van der Waals surface area contributed by atoms with Crippen molar-refractivity contribution in [2.75, 3.05) is 19.7 Å². The summed E-state index contributed by atoms with van der Waals surface area (Å²) in [7, 11) is 0. The minimum Gasteiger partial charge on any atom is -0.364 e. The molecule has 2 amide bonds. The molecule has 0 spiro atoms. The number of hydrogen-bond acceptors (Lipinski definition) is 5. The quantitative estimate of drug-likeness (QED) is 0.565. The number of amides is 2. The number of hydrogen-bond donors (Lipinski definition) is 2. The van der Waals surface area contributed by atoms with Crippen molar-refractivity contribution in [1.82, 2.24) is 30.1 Å². The number of urea groups is 1. The van der Waals surface area contributed by atoms with Gasteiger partial charge in [-0.1, -0.05) is 13.8 Å². The van der Waals surface area contributed by atoms with Gasteiger partial charge in [-0.3, -0.25) is 0 Å². The van der Waals surface area contributed by atoms with Gasteiger partial charge in [-0.2, -0.15) is 18.3 Å². The lowest BCUT2D eigenvalue weighted by atomic mass is 10.0. The van der Waals surface area contributed by atoms with Gasteiger partial charge in [-0.15, -0.1) is 0 Å². The number of aromatic nitrogens is 3. The van der Waals surface area contributed by atoms with E-state index in [0.717, 1.165) is 38.7 Å². The Morgan fingerprint density at radius 1 is 1.29 bits per heavy atom. The molecule has 3 heterocycles. The van der Waals surface area contributed by atoms with E-state index in [-0.39, 0.29) is 24.7 Å². The average molecular weight is 483 g/mol. The molecule has 8 nitrogen and oxygen atoms in total. The molecule has 188 valence electrons. The predicted molar refractivity (Wildman–Crippen MR) is 120 cm³/mol. The second-order valence-corrected chi connectivity index (χ2v) is 10.0. The van der Waals surface area contributed by atoms with E-state index < -0.39 is 17.8 Å². The second kappa shape index (κ2) is 9.33. The fourth-order valence-corrected chi connectivity index (χ4v) is 4.27. The highest BCUT2D eigenvalue weighted by atomic mass is 19.4. The molecule has 2 aromatic heterocycles. The van der Waals surface area contributed by atoms with E-state index in [1.54, 1.807) is 16.9 Å². The number of imidazole rings is 1. The Bertz CT molecular complexity index is 1020. The fraction of sp³-hybridized carbons (Fsp3) is 0.696. The molecule has 1 aliphatic heterocycles. The van der Waals surface area contributed by atoms with Crippen LogP contribution >= 0.6 is 0 Å². The van der Waals surface area contributed by atoms with Gasteiger partial charge in [0.1, 0.15) is 0 Å². The number of carbonyl (C=O) groups is 1. The maximum atomic E-state index is 13.3. The number of nitrogens with zero attached hydrogens (tertiary/aromatic N) is 4. The van der Waals surface area contributed by atoms with Crippen LogP contribution in [0.15, 0.2) is 18.5 Å². The van der Waals surface area contributed by atoms with E-state index in [1.165, 1.54) is 0 Å². The Morgan fingerprint density at radius 3 is 2.65 bits per heavy atom. The fourth-order valence-electron chi connectivity index (χ4n) is 4.27. The molecule has 2 aliphatic rings. The lowest BCUT2D eigenvalue weighted by molar-refractivity contribution is -0.265. The Balaban J connectivity index is 1.59. The number of alkyl halides is 3. The van der Waals surface area contributed by atoms with Gasteiger partial charge in [0.25, 0.3) is 0 Å². The van der Waals surface area contributed by atoms with E-state index in [4.69, 9.17) is 4.74 Å². The zero-order valence-electron chi connectivity index (χ0n) is 20.0. The van der Waals surface area contributed by atoms with Crippen molar-refractivity contribution in [2.24, 2.45) is 5.92 Å². The zero-order chi connectivity index (χ0) is 24.7. The van der Waals surface area contributed by atoms with Crippen LogP contribution in [0, 0.1) is 5.92 Å². The largest absolute Gasteiger partial charge is 0.416 e. The van der Waals surface area contributed by atoms with Crippen LogP contribution in [0.5, 0.6) is 0 Å². The molecule has 2 atom stereocenters. The first-order valence-electron chi connectivity index (χ1n) is 11.8. The molecular weight excluding hydrogens is 449 g/mol. The van der Waals surface area contributed by atoms with Gasteiger partial charge in [0.05, 0.1) is 36.8 Å². The third-order valence-corrected chi connectivity index (χ3v) is 6.40. The molecule has 1 saturated heterocycles. The first-order chi connectivity index (χ1) is 16.0. The Labute approximate surface area is 197 Å². The standard InChI is InChI=1S/C23H33F3N6O2/c1-14(2)29-18(13-34-22(3,4)23(24,25)26)17-12-32-19(30-17)10-16(11-28-32)20(15-6-7-15)31-9-5-8-27-21(31)33/h10-12,14-15,18,20,29H,5-9,13H2,1-4H3,(H,27,33). The maximum Gasteiger partial charge on any atom is 0.416 e. The van der Waals surface area contributed by atoms with Crippen molar-refractivity contribution in [3.8, 4) is 0 Å². The molecule has 0 aromatic carbocycles. The topological polar surface area (TPSA) is 83.8 Å². The Kier molecular flexibility index (Phi) is 6.78. The van der Waals surface area contributed by atoms with Crippen LogP contribution in [-0.4, -0.2) is 63.0 Å². The summed E-state index contributed by atoms with van der Waals surface area (Å²) in [5.74, 6) is 0.399. The smallest absolute Gasteiger partial charge is 0.364 e. The Morgan fingerprint density at radius 2 is 2.03 bits per heavy atom. The highest BCUT2D eigenvalue weighted by molar-refractivity contribution is 5.75. The number of rotatable bonds is 9. The zero-order valence-corrected chi connectivity index (χ0v) is 20.0. The molecule has 1 saturated carbocycles. The first-order valence-corrected chi connectivity index (χ1v) is 11.8. The van der Waals surface area contributed by atoms with Crippen LogP contribution in [0.25, 0.3) is 5.65 Å². The maximum absolute atomic E-state index is 13.3. The molecule has 2 fully saturated rings. The van der Waals surface area contributed by atoms with Crippen molar-refractivity contribution in [2.45, 2.75) is 76.9 Å². The molecule has 0 radical (unpaired) electrons. The van der Waals surface area contributed by atoms with E-state index in [2.05, 4.69) is 20.7 Å². The van der Waals surface area contributed by atoms with Crippen molar-refractivity contribution in [3.63, 3.8) is 0 Å². The number of halogens is 3. The highest BCUT2D eigenvalue weighted by Crippen LogP contribution is 2.45. The summed E-state index contributed by atoms with van der Waals surface area (Å²) in [6.45, 7) is 7.06. The lowest BCUT2D eigenvalue weighted by Crippen LogP contribution is -2.48. The minimum absolute atomic E-state index is 0.00722. The summed E-state index contributed by atoms with van der Waals surface area (Å²) in [6.07, 6.45) is 2.01. The average Bonchev–Trinajstić information content (AvgIpc) is 3.49. The summed E-state index contributed by atoms with van der Waals surface area (Å²) in [5, 5.41) is 10.7. The minimum atomic E-state index is -4.48. The predicted octanol–water partition coefficient (Wildman–Crippen LogP) is 3.99. The molecule has 0 bridgehead atoms. The normalized spacial score (nSPS) is 19.5. The van der Waals surface area contributed by atoms with Crippen molar-refractivity contribution >= 4 is 11.7 Å². The molecule has 2 aromatic rings. The van der Waals surface area contributed by atoms with Gasteiger partial charge >= 0.3 is 12.2 Å². The van der Waals surface area contributed by atoms with E-state index in [0.29, 0.717) is 30.3 Å². The highest BCUT2D eigenvalue weighted by Gasteiger charge is 2.49. The Hall–Kier alpha value is -2.40. The van der Waals surface area contributed by atoms with E-state index in [9.17, 15) is 18.0 Å². The van der Waals surface area contributed by atoms with Crippen LogP contribution in [-0.2, 0) is 4.74 Å². The lowest BCUT2D eigenvalue weighted by Gasteiger charge is -2.35. The summed E-state index contributed by atoms with van der Waals surface area (Å²) in [5.41, 5.74) is -0.218. The van der Waals surface area contributed by atoms with Crippen LogP contribution in [0.2, 0.25) is 0 Å². The van der Waals surface area contributed by atoms with Crippen LogP contribution in [0.1, 0.15) is 70.3 Å². The van der Waals surface area contributed by atoms with Gasteiger partial charge in [0.15, 0.2) is 11.2 Å². The van der Waals surface area contributed by atoms with Gasteiger partial charge in [-0.25, -0.2) is 14.3 Å². The molecule has 4 rings (SSSR count). The summed E-state index contributed by atoms with van der Waals surface area (Å²) in [4.78, 5) is 19.1. The van der Waals surface area contributed by atoms with Crippen LogP contribution in [0.4, 0.5) is 18.0 Å². The summed E-state index contributed by atoms with van der Waals surface area (Å²) in [6, 6.07) is 1.27. The first kappa shape index (κ1) is 24.7. The number of carbonyl (C=O) groups excluding carboxylic acids is 1. The molecule has 34 heavy (non-hydrogen) atoms. The van der Waals surface area contributed by atoms with Gasteiger partial charge in [0, 0.05) is 19.1 Å². The van der Waals surface area contributed by atoms with Gasteiger partial charge in [-0.05, 0) is 50.7 Å². The van der Waals surface area contributed by atoms with Crippen LogP contribution in [0.3, 0.4) is 0 Å². The third-order valence-electron chi connectivity index (χ3n) is 6.40. The van der Waals surface area contributed by atoms with Gasteiger partial charge < -0.3 is 20.3 Å². The molecule has 2 N–H and O–H groups in total. The molecule has 2 unspecified atom stereocenters. The molecule has 1 aliphatic carbocycles. The monoisotopic (exact) mass is 482 g/mol. The van der Waals surface area contributed by atoms with Crippen LogP contribution < -0.4 is 10.6 Å². The number of ether oxygens (including phenoxy) is 1. The van der Waals surface area contributed by atoms with Crippen molar-refractivity contribution < 1.29 is 22.7 Å². The molecular formula is C23H33F3N6O2. The molecule has 11 heteroatoms. The van der Waals surface area contributed by atoms with Crippen molar-refractivity contribution in [1.29, 1.82) is 0 Å². The number of nitrogens with one attached hydrogen (secondary N) is 2. The number of fused-ring (bicyclic) bond motifs is 1.